The number of hydrogen-bond donors (Lipinski definition) is 0. The summed E-state index contributed by atoms with van der Waals surface area (Å²) in [6, 6.07) is 4.77. The Balaban J connectivity index is 2.37. The van der Waals surface area contributed by atoms with E-state index in [1.54, 1.807) is 12.1 Å². The molecule has 2 rings (SSSR count). The summed E-state index contributed by atoms with van der Waals surface area (Å²) < 4.78 is 13.6. The van der Waals surface area contributed by atoms with Crippen LogP contribution in [0.2, 0.25) is 5.02 Å². The molecule has 15 heavy (non-hydrogen) atoms. The molecule has 1 aromatic rings. The average Bonchev–Trinajstić information content (AvgIpc) is 2.17. The first-order chi connectivity index (χ1) is 7.16. The van der Waals surface area contributed by atoms with Crippen LogP contribution >= 0.6 is 23.2 Å². The lowest BCUT2D eigenvalue weighted by Gasteiger charge is -2.17. The summed E-state index contributed by atoms with van der Waals surface area (Å²) in [5.41, 5.74) is 1.63. The molecule has 0 radical (unpaired) electrons. The van der Waals surface area contributed by atoms with Crippen molar-refractivity contribution >= 4 is 28.8 Å². The van der Waals surface area contributed by atoms with E-state index < -0.39 is 0 Å². The molecule has 1 atom stereocenters. The van der Waals surface area contributed by atoms with E-state index in [9.17, 15) is 4.39 Å². The van der Waals surface area contributed by atoms with Gasteiger partial charge in [-0.05, 0) is 37.0 Å². The second-order valence-electron chi connectivity index (χ2n) is 3.72. The third-order valence-corrected chi connectivity index (χ3v) is 3.16. The fraction of sp³-hybridized carbons (Fsp3) is 0.333. The van der Waals surface area contributed by atoms with Crippen molar-refractivity contribution < 1.29 is 4.39 Å². The van der Waals surface area contributed by atoms with E-state index in [1.807, 2.05) is 6.08 Å². The normalized spacial score (nSPS) is 21.3. The lowest BCUT2D eigenvalue weighted by molar-refractivity contribution is 0.621. The Kier molecular flexibility index (Phi) is 3.32. The van der Waals surface area contributed by atoms with Gasteiger partial charge in [-0.3, -0.25) is 0 Å². The zero-order chi connectivity index (χ0) is 10.8. The molecule has 0 aromatic heterocycles. The summed E-state index contributed by atoms with van der Waals surface area (Å²) in [4.78, 5) is 0. The van der Waals surface area contributed by atoms with E-state index in [-0.39, 0.29) is 11.2 Å². The summed E-state index contributed by atoms with van der Waals surface area (Å²) in [6.07, 6.45) is 4.82. The molecule has 0 N–H and O–H groups in total. The monoisotopic (exact) mass is 244 g/mol. The molecule has 0 bridgehead atoms. The molecule has 0 heterocycles. The summed E-state index contributed by atoms with van der Waals surface area (Å²) in [7, 11) is 0. The van der Waals surface area contributed by atoms with Crippen LogP contribution < -0.4 is 0 Å². The first-order valence-corrected chi connectivity index (χ1v) is 5.78. The number of rotatable bonds is 1. The minimum absolute atomic E-state index is 0.0313. The van der Waals surface area contributed by atoms with Crippen LogP contribution in [0.1, 0.15) is 24.8 Å². The molecule has 0 fully saturated rings. The number of hydrogen-bond acceptors (Lipinski definition) is 0. The second-order valence-corrected chi connectivity index (χ2v) is 4.72. The van der Waals surface area contributed by atoms with Crippen LogP contribution in [0.25, 0.3) is 5.57 Å². The van der Waals surface area contributed by atoms with Crippen molar-refractivity contribution in [2.45, 2.75) is 24.6 Å². The molecular weight excluding hydrogens is 234 g/mol. The van der Waals surface area contributed by atoms with E-state index >= 15 is 0 Å². The maximum Gasteiger partial charge on any atom is 0.132 e. The van der Waals surface area contributed by atoms with Gasteiger partial charge in [0.15, 0.2) is 0 Å². The van der Waals surface area contributed by atoms with E-state index in [4.69, 9.17) is 23.2 Å². The molecule has 1 aliphatic rings. The van der Waals surface area contributed by atoms with Gasteiger partial charge in [0.25, 0.3) is 0 Å². The second kappa shape index (κ2) is 4.54. The Morgan fingerprint density at radius 3 is 2.80 bits per heavy atom. The number of allylic oxidation sites excluding steroid dienone is 2. The molecule has 0 spiro atoms. The summed E-state index contributed by atoms with van der Waals surface area (Å²) in [5, 5.41) is 0.457. The van der Waals surface area contributed by atoms with Crippen molar-refractivity contribution in [2.24, 2.45) is 0 Å². The van der Waals surface area contributed by atoms with Crippen LogP contribution in [0, 0.1) is 5.82 Å². The van der Waals surface area contributed by atoms with Crippen molar-refractivity contribution in [3.63, 3.8) is 0 Å². The van der Waals surface area contributed by atoms with Crippen LogP contribution in [0.4, 0.5) is 4.39 Å². The van der Waals surface area contributed by atoms with Crippen LogP contribution in [0.15, 0.2) is 24.3 Å². The molecule has 0 saturated carbocycles. The van der Waals surface area contributed by atoms with E-state index in [0.29, 0.717) is 10.6 Å². The highest BCUT2D eigenvalue weighted by atomic mass is 35.5. The predicted molar refractivity (Wildman–Crippen MR) is 62.9 cm³/mol. The molecule has 3 heteroatoms. The van der Waals surface area contributed by atoms with Crippen molar-refractivity contribution in [1.82, 2.24) is 0 Å². The standard InChI is InChI=1S/C12H11Cl2F/c13-9-3-1-2-8(6-9)11-5-4-10(14)7-12(11)15/h4-7,9H,1-3H2. The third kappa shape index (κ3) is 2.53. The molecule has 1 aliphatic carbocycles. The van der Waals surface area contributed by atoms with E-state index in [2.05, 4.69) is 0 Å². The van der Waals surface area contributed by atoms with Crippen molar-refractivity contribution in [3.8, 4) is 0 Å². The number of halogens is 3. The zero-order valence-corrected chi connectivity index (χ0v) is 9.65. The smallest absolute Gasteiger partial charge is 0.132 e. The zero-order valence-electron chi connectivity index (χ0n) is 8.14. The van der Waals surface area contributed by atoms with Crippen LogP contribution in [0.5, 0.6) is 0 Å². The first-order valence-electron chi connectivity index (χ1n) is 4.97. The maximum absolute atomic E-state index is 13.6. The Morgan fingerprint density at radius 2 is 2.13 bits per heavy atom. The minimum Gasteiger partial charge on any atom is -0.206 e. The fourth-order valence-electron chi connectivity index (χ4n) is 1.85. The highest BCUT2D eigenvalue weighted by Gasteiger charge is 2.15. The summed E-state index contributed by atoms with van der Waals surface area (Å²) >= 11 is 11.7. The average molecular weight is 245 g/mol. The first kappa shape index (κ1) is 11.0. The van der Waals surface area contributed by atoms with Gasteiger partial charge in [0.05, 0.1) is 5.38 Å². The van der Waals surface area contributed by atoms with Crippen LogP contribution in [-0.4, -0.2) is 5.38 Å². The van der Waals surface area contributed by atoms with Gasteiger partial charge in [-0.2, -0.15) is 0 Å². The van der Waals surface area contributed by atoms with Gasteiger partial charge >= 0.3 is 0 Å². The lowest BCUT2D eigenvalue weighted by Crippen LogP contribution is -2.03. The molecule has 0 saturated heterocycles. The lowest BCUT2D eigenvalue weighted by atomic mass is 9.93. The van der Waals surface area contributed by atoms with E-state index in [1.165, 1.54) is 6.07 Å². The molecular formula is C12H11Cl2F. The van der Waals surface area contributed by atoms with Gasteiger partial charge in [0.2, 0.25) is 0 Å². The topological polar surface area (TPSA) is 0 Å². The predicted octanol–water partition coefficient (Wildman–Crippen LogP) is 4.65. The van der Waals surface area contributed by atoms with E-state index in [0.717, 1.165) is 24.8 Å². The van der Waals surface area contributed by atoms with Crippen molar-refractivity contribution in [3.05, 3.63) is 40.7 Å². The molecule has 1 aromatic carbocycles. The van der Waals surface area contributed by atoms with Crippen molar-refractivity contribution in [2.75, 3.05) is 0 Å². The molecule has 1 unspecified atom stereocenters. The Bertz CT molecular complexity index is 399. The van der Waals surface area contributed by atoms with Gasteiger partial charge in [0, 0.05) is 10.6 Å². The quantitative estimate of drug-likeness (QED) is 0.631. The van der Waals surface area contributed by atoms with Gasteiger partial charge < -0.3 is 0 Å². The number of alkyl halides is 1. The largest absolute Gasteiger partial charge is 0.206 e. The van der Waals surface area contributed by atoms with Gasteiger partial charge in [-0.25, -0.2) is 4.39 Å². The van der Waals surface area contributed by atoms with Gasteiger partial charge in [-0.1, -0.05) is 23.7 Å². The van der Waals surface area contributed by atoms with Gasteiger partial charge in [0.1, 0.15) is 5.82 Å². The van der Waals surface area contributed by atoms with Crippen LogP contribution in [0.3, 0.4) is 0 Å². The maximum atomic E-state index is 13.6. The molecule has 0 nitrogen and oxygen atoms in total. The highest BCUT2D eigenvalue weighted by molar-refractivity contribution is 6.30. The number of benzene rings is 1. The third-order valence-electron chi connectivity index (χ3n) is 2.59. The Labute approximate surface area is 98.7 Å². The van der Waals surface area contributed by atoms with Gasteiger partial charge in [-0.15, -0.1) is 11.6 Å². The Hall–Kier alpha value is -0.530. The molecule has 0 amide bonds. The molecule has 80 valence electrons. The van der Waals surface area contributed by atoms with Crippen molar-refractivity contribution in [1.29, 1.82) is 0 Å². The minimum atomic E-state index is -0.264. The van der Waals surface area contributed by atoms with Crippen LogP contribution in [-0.2, 0) is 0 Å². The highest BCUT2D eigenvalue weighted by Crippen LogP contribution is 2.31. The fourth-order valence-corrected chi connectivity index (χ4v) is 2.31. The summed E-state index contributed by atoms with van der Waals surface area (Å²) in [5.74, 6) is -0.264. The SMILES string of the molecule is Fc1cc(Cl)ccc1C1=CC(Cl)CCC1. The summed E-state index contributed by atoms with van der Waals surface area (Å²) in [6.45, 7) is 0. The Morgan fingerprint density at radius 1 is 1.33 bits per heavy atom. The molecule has 0 aliphatic heterocycles.